The Hall–Kier alpha value is -0.860. The summed E-state index contributed by atoms with van der Waals surface area (Å²) in [5.41, 5.74) is 3.38. The number of benzene rings is 1. The van der Waals surface area contributed by atoms with Gasteiger partial charge in [-0.2, -0.15) is 0 Å². The summed E-state index contributed by atoms with van der Waals surface area (Å²) in [5, 5.41) is 3.88. The van der Waals surface area contributed by atoms with E-state index < -0.39 is 0 Å². The van der Waals surface area contributed by atoms with E-state index in [2.05, 4.69) is 48.3 Å². The molecule has 1 saturated heterocycles. The summed E-state index contributed by atoms with van der Waals surface area (Å²) in [6, 6.07) is 9.51. The van der Waals surface area contributed by atoms with Gasteiger partial charge in [0.2, 0.25) is 0 Å². The zero-order chi connectivity index (χ0) is 14.7. The highest BCUT2D eigenvalue weighted by atomic mass is 15.2. The van der Waals surface area contributed by atoms with Crippen LogP contribution >= 0.6 is 0 Å². The van der Waals surface area contributed by atoms with Crippen LogP contribution in [0.3, 0.4) is 0 Å². The van der Waals surface area contributed by atoms with Crippen molar-refractivity contribution in [3.8, 4) is 0 Å². The fourth-order valence-electron chi connectivity index (χ4n) is 4.11. The minimum Gasteiger partial charge on any atom is -0.308 e. The van der Waals surface area contributed by atoms with E-state index in [0.29, 0.717) is 11.6 Å². The third kappa shape index (κ3) is 3.49. The van der Waals surface area contributed by atoms with E-state index in [4.69, 9.17) is 0 Å². The van der Waals surface area contributed by atoms with Crippen LogP contribution in [0.1, 0.15) is 50.2 Å². The highest BCUT2D eigenvalue weighted by Crippen LogP contribution is 2.31. The fourth-order valence-corrected chi connectivity index (χ4v) is 4.11. The van der Waals surface area contributed by atoms with Gasteiger partial charge in [-0.05, 0) is 44.2 Å². The monoisotopic (exact) mass is 286 g/mol. The molecule has 1 aliphatic carbocycles. The van der Waals surface area contributed by atoms with E-state index in [-0.39, 0.29) is 0 Å². The Morgan fingerprint density at radius 3 is 2.71 bits per heavy atom. The molecule has 0 radical (unpaired) electrons. The van der Waals surface area contributed by atoms with Crippen molar-refractivity contribution < 1.29 is 0 Å². The average molecular weight is 286 g/mol. The molecule has 2 fully saturated rings. The van der Waals surface area contributed by atoms with Crippen molar-refractivity contribution in [1.29, 1.82) is 0 Å². The molecule has 3 rings (SSSR count). The molecular formula is C19H30N2. The van der Waals surface area contributed by atoms with Gasteiger partial charge in [-0.15, -0.1) is 0 Å². The molecule has 1 aliphatic heterocycles. The van der Waals surface area contributed by atoms with E-state index in [1.807, 2.05) is 0 Å². The van der Waals surface area contributed by atoms with Crippen LogP contribution in [-0.2, 0) is 6.42 Å². The van der Waals surface area contributed by atoms with Crippen molar-refractivity contribution in [1.82, 2.24) is 10.2 Å². The van der Waals surface area contributed by atoms with Crippen molar-refractivity contribution in [2.24, 2.45) is 0 Å². The maximum Gasteiger partial charge on any atom is 0.0309 e. The lowest BCUT2D eigenvalue weighted by Crippen LogP contribution is -2.64. The Morgan fingerprint density at radius 1 is 1.19 bits per heavy atom. The number of hydrogen-bond donors (Lipinski definition) is 1. The van der Waals surface area contributed by atoms with Gasteiger partial charge in [0.05, 0.1) is 0 Å². The molecule has 2 heteroatoms. The van der Waals surface area contributed by atoms with Gasteiger partial charge in [0, 0.05) is 31.2 Å². The second-order valence-electron chi connectivity index (χ2n) is 7.22. The molecule has 1 spiro atoms. The predicted molar refractivity (Wildman–Crippen MR) is 89.7 cm³/mol. The van der Waals surface area contributed by atoms with Gasteiger partial charge in [0.25, 0.3) is 0 Å². The molecule has 21 heavy (non-hydrogen) atoms. The molecule has 0 aromatic heterocycles. The number of aryl methyl sites for hydroxylation is 1. The summed E-state index contributed by atoms with van der Waals surface area (Å²) >= 11 is 0. The zero-order valence-corrected chi connectivity index (χ0v) is 13.7. The average Bonchev–Trinajstić information content (AvgIpc) is 2.51. The first-order chi connectivity index (χ1) is 10.2. The van der Waals surface area contributed by atoms with Gasteiger partial charge in [0.15, 0.2) is 0 Å². The van der Waals surface area contributed by atoms with Gasteiger partial charge < -0.3 is 5.32 Å². The van der Waals surface area contributed by atoms with Gasteiger partial charge in [-0.1, -0.05) is 43.5 Å². The number of nitrogens with zero attached hydrogens (tertiary/aromatic N) is 1. The summed E-state index contributed by atoms with van der Waals surface area (Å²) in [7, 11) is 0. The van der Waals surface area contributed by atoms with E-state index in [1.54, 1.807) is 0 Å². The van der Waals surface area contributed by atoms with E-state index in [9.17, 15) is 0 Å². The Kier molecular flexibility index (Phi) is 4.66. The molecule has 1 aromatic rings. The van der Waals surface area contributed by atoms with Gasteiger partial charge in [-0.25, -0.2) is 0 Å². The van der Waals surface area contributed by atoms with Crippen molar-refractivity contribution in [3.63, 3.8) is 0 Å². The van der Waals surface area contributed by atoms with Crippen LogP contribution < -0.4 is 5.32 Å². The molecule has 2 nitrogen and oxygen atoms in total. The predicted octanol–water partition coefficient (Wildman–Crippen LogP) is 3.53. The van der Waals surface area contributed by atoms with E-state index in [1.165, 1.54) is 62.7 Å². The van der Waals surface area contributed by atoms with Gasteiger partial charge in [0.1, 0.15) is 0 Å². The molecule has 1 aromatic carbocycles. The lowest BCUT2D eigenvalue weighted by molar-refractivity contribution is 0.0637. The molecule has 116 valence electrons. The van der Waals surface area contributed by atoms with Crippen molar-refractivity contribution in [3.05, 3.63) is 35.4 Å². The minimum atomic E-state index is 0.427. The van der Waals surface area contributed by atoms with Crippen LogP contribution in [-0.4, -0.2) is 36.1 Å². The van der Waals surface area contributed by atoms with Crippen LogP contribution in [0.5, 0.6) is 0 Å². The van der Waals surface area contributed by atoms with Gasteiger partial charge >= 0.3 is 0 Å². The summed E-state index contributed by atoms with van der Waals surface area (Å²) < 4.78 is 0. The van der Waals surface area contributed by atoms with Crippen LogP contribution in [0.15, 0.2) is 24.3 Å². The smallest absolute Gasteiger partial charge is 0.0309 e. The topological polar surface area (TPSA) is 15.3 Å². The Labute approximate surface area is 129 Å². The van der Waals surface area contributed by atoms with Crippen LogP contribution in [0, 0.1) is 6.92 Å². The second-order valence-corrected chi connectivity index (χ2v) is 7.22. The molecule has 0 bridgehead atoms. The summed E-state index contributed by atoms with van der Waals surface area (Å²) in [5.74, 6) is 0. The summed E-state index contributed by atoms with van der Waals surface area (Å²) in [6.07, 6.45) is 8.19. The number of piperazine rings is 1. The van der Waals surface area contributed by atoms with Crippen LogP contribution in [0.2, 0.25) is 0 Å². The zero-order valence-electron chi connectivity index (χ0n) is 13.7. The highest BCUT2D eigenvalue weighted by molar-refractivity contribution is 5.25. The molecule has 0 amide bonds. The Morgan fingerprint density at radius 2 is 1.95 bits per heavy atom. The first-order valence-corrected chi connectivity index (χ1v) is 8.72. The number of rotatable bonds is 3. The van der Waals surface area contributed by atoms with Crippen molar-refractivity contribution in [2.45, 2.75) is 64.0 Å². The SMILES string of the molecule is Cc1ccccc1CCN1CC2(CCCCC2)NCC1C. The molecule has 1 heterocycles. The fraction of sp³-hybridized carbons (Fsp3) is 0.684. The Bertz CT molecular complexity index is 462. The molecule has 1 atom stereocenters. The second kappa shape index (κ2) is 6.50. The highest BCUT2D eigenvalue weighted by Gasteiger charge is 2.38. The number of hydrogen-bond acceptors (Lipinski definition) is 2. The van der Waals surface area contributed by atoms with Crippen molar-refractivity contribution >= 4 is 0 Å². The van der Waals surface area contributed by atoms with Crippen LogP contribution in [0.4, 0.5) is 0 Å². The standard InChI is InChI=1S/C19H30N2/c1-16-8-4-5-9-18(16)10-13-21-15-19(20-14-17(21)2)11-6-3-7-12-19/h4-5,8-9,17,20H,3,6-7,10-15H2,1-2H3. The largest absolute Gasteiger partial charge is 0.308 e. The molecule has 1 N–H and O–H groups in total. The lowest BCUT2D eigenvalue weighted by atomic mass is 9.79. The molecule has 1 saturated carbocycles. The summed E-state index contributed by atoms with van der Waals surface area (Å²) in [4.78, 5) is 2.73. The molecular weight excluding hydrogens is 256 g/mol. The van der Waals surface area contributed by atoms with E-state index >= 15 is 0 Å². The Balaban J connectivity index is 1.62. The number of nitrogens with one attached hydrogen (secondary N) is 1. The normalized spacial score (nSPS) is 26.1. The third-order valence-corrected chi connectivity index (χ3v) is 5.64. The molecule has 2 aliphatic rings. The minimum absolute atomic E-state index is 0.427. The van der Waals surface area contributed by atoms with Crippen molar-refractivity contribution in [2.75, 3.05) is 19.6 Å². The lowest BCUT2D eigenvalue weighted by Gasteiger charge is -2.49. The molecule has 1 unspecified atom stereocenters. The third-order valence-electron chi connectivity index (χ3n) is 5.64. The van der Waals surface area contributed by atoms with E-state index in [0.717, 1.165) is 6.54 Å². The van der Waals surface area contributed by atoms with Crippen LogP contribution in [0.25, 0.3) is 0 Å². The quantitative estimate of drug-likeness (QED) is 0.914. The van der Waals surface area contributed by atoms with Gasteiger partial charge in [-0.3, -0.25) is 4.90 Å². The maximum absolute atomic E-state index is 3.88. The summed E-state index contributed by atoms with van der Waals surface area (Å²) in [6.45, 7) is 8.23. The maximum atomic E-state index is 3.88. The first kappa shape index (κ1) is 15.1. The first-order valence-electron chi connectivity index (χ1n) is 8.72.